The minimum atomic E-state index is -0.297. The molecule has 0 unspecified atom stereocenters. The third-order valence-electron chi connectivity index (χ3n) is 2.85. The lowest BCUT2D eigenvalue weighted by Crippen LogP contribution is -2.10. The average molecular weight is 227 g/mol. The first kappa shape index (κ1) is 11.3. The Labute approximate surface area is 99.5 Å². The minimum absolute atomic E-state index is 0.114. The van der Waals surface area contributed by atoms with E-state index in [9.17, 15) is 10.1 Å². The number of rotatable bonds is 4. The molecule has 2 aromatic carbocycles. The van der Waals surface area contributed by atoms with Gasteiger partial charge in [0, 0.05) is 4.92 Å². The maximum atomic E-state index is 10.6. The summed E-state index contributed by atoms with van der Waals surface area (Å²) in [6.45, 7) is 3.58. The van der Waals surface area contributed by atoms with Gasteiger partial charge in [-0.25, -0.2) is 0 Å². The number of hydrogen-bond donors (Lipinski definition) is 0. The van der Waals surface area contributed by atoms with E-state index in [2.05, 4.69) is 6.58 Å². The van der Waals surface area contributed by atoms with E-state index in [1.54, 1.807) is 6.08 Å². The van der Waals surface area contributed by atoms with Gasteiger partial charge in [0.2, 0.25) is 6.54 Å². The van der Waals surface area contributed by atoms with E-state index < -0.39 is 0 Å². The fourth-order valence-electron chi connectivity index (χ4n) is 2.03. The molecular formula is C14H13NO2. The molecule has 0 saturated heterocycles. The van der Waals surface area contributed by atoms with Crippen LogP contribution < -0.4 is 0 Å². The predicted molar refractivity (Wildman–Crippen MR) is 68.7 cm³/mol. The number of nitrogens with zero attached hydrogens (tertiary/aromatic N) is 1. The molecule has 3 nitrogen and oxygen atoms in total. The molecule has 0 heterocycles. The molecule has 0 radical (unpaired) electrons. The van der Waals surface area contributed by atoms with Gasteiger partial charge in [-0.2, -0.15) is 0 Å². The van der Waals surface area contributed by atoms with Crippen molar-refractivity contribution in [3.05, 3.63) is 70.8 Å². The van der Waals surface area contributed by atoms with Gasteiger partial charge in [0.15, 0.2) is 0 Å². The van der Waals surface area contributed by atoms with Crippen molar-refractivity contribution in [3.63, 3.8) is 0 Å². The molecule has 1 atom stereocenters. The van der Waals surface area contributed by atoms with Crippen LogP contribution in [0.15, 0.2) is 55.1 Å². The molecule has 2 rings (SSSR count). The van der Waals surface area contributed by atoms with E-state index in [1.807, 2.05) is 42.5 Å². The molecule has 0 aliphatic rings. The first-order valence-electron chi connectivity index (χ1n) is 5.44. The van der Waals surface area contributed by atoms with Gasteiger partial charge < -0.3 is 0 Å². The monoisotopic (exact) mass is 227 g/mol. The molecule has 0 bridgehead atoms. The van der Waals surface area contributed by atoms with Crippen molar-refractivity contribution in [2.45, 2.75) is 5.92 Å². The molecule has 86 valence electrons. The largest absolute Gasteiger partial charge is 0.265 e. The van der Waals surface area contributed by atoms with E-state index in [-0.39, 0.29) is 17.4 Å². The van der Waals surface area contributed by atoms with Crippen molar-refractivity contribution < 1.29 is 4.92 Å². The normalized spacial score (nSPS) is 12.2. The molecule has 0 aliphatic carbocycles. The molecular weight excluding hydrogens is 214 g/mol. The highest BCUT2D eigenvalue weighted by Gasteiger charge is 2.16. The van der Waals surface area contributed by atoms with Crippen molar-refractivity contribution in [1.29, 1.82) is 0 Å². The van der Waals surface area contributed by atoms with Crippen LogP contribution in [0.4, 0.5) is 0 Å². The SMILES string of the molecule is C=C[C@@H](C[N+](=O)[O-])c1cccc2ccccc12. The standard InChI is InChI=1S/C14H13NO2/c1-2-11(10-15(16)17)13-9-5-7-12-6-3-4-8-14(12)13/h2-9,11H,1,10H2/t11-/m0/s1. The van der Waals surface area contributed by atoms with Crippen LogP contribution in [0.3, 0.4) is 0 Å². The summed E-state index contributed by atoms with van der Waals surface area (Å²) in [6.07, 6.45) is 1.64. The van der Waals surface area contributed by atoms with Crippen LogP contribution in [0.5, 0.6) is 0 Å². The van der Waals surface area contributed by atoms with Crippen LogP contribution in [0.25, 0.3) is 10.8 Å². The summed E-state index contributed by atoms with van der Waals surface area (Å²) >= 11 is 0. The summed E-state index contributed by atoms with van der Waals surface area (Å²) in [7, 11) is 0. The van der Waals surface area contributed by atoms with Crippen LogP contribution >= 0.6 is 0 Å². The smallest absolute Gasteiger partial charge is 0.214 e. The van der Waals surface area contributed by atoms with E-state index >= 15 is 0 Å². The molecule has 0 spiro atoms. The lowest BCUT2D eigenvalue weighted by atomic mass is 9.93. The molecule has 0 amide bonds. The Morgan fingerprint density at radius 3 is 2.65 bits per heavy atom. The van der Waals surface area contributed by atoms with Crippen molar-refractivity contribution in [2.24, 2.45) is 0 Å². The fraction of sp³-hybridized carbons (Fsp3) is 0.143. The average Bonchev–Trinajstić information content (AvgIpc) is 2.35. The Morgan fingerprint density at radius 2 is 1.94 bits per heavy atom. The summed E-state index contributed by atoms with van der Waals surface area (Å²) < 4.78 is 0. The van der Waals surface area contributed by atoms with Gasteiger partial charge in [0.1, 0.15) is 0 Å². The summed E-state index contributed by atoms with van der Waals surface area (Å²) in [6, 6.07) is 13.8. The number of fused-ring (bicyclic) bond motifs is 1. The summed E-state index contributed by atoms with van der Waals surface area (Å²) in [4.78, 5) is 10.3. The summed E-state index contributed by atoms with van der Waals surface area (Å²) in [5.41, 5.74) is 0.967. The highest BCUT2D eigenvalue weighted by molar-refractivity contribution is 5.86. The quantitative estimate of drug-likeness (QED) is 0.456. The molecule has 0 saturated carbocycles. The zero-order chi connectivity index (χ0) is 12.3. The number of benzene rings is 2. The summed E-state index contributed by atoms with van der Waals surface area (Å²) in [5.74, 6) is -0.240. The lowest BCUT2D eigenvalue weighted by Gasteiger charge is -2.11. The van der Waals surface area contributed by atoms with Gasteiger partial charge in [0.25, 0.3) is 0 Å². The Morgan fingerprint density at radius 1 is 1.24 bits per heavy atom. The van der Waals surface area contributed by atoms with E-state index in [0.717, 1.165) is 16.3 Å². The zero-order valence-electron chi connectivity index (χ0n) is 9.37. The van der Waals surface area contributed by atoms with Crippen molar-refractivity contribution in [2.75, 3.05) is 6.54 Å². The van der Waals surface area contributed by atoms with Gasteiger partial charge >= 0.3 is 0 Å². The van der Waals surface area contributed by atoms with Gasteiger partial charge in [0.05, 0.1) is 5.92 Å². The van der Waals surface area contributed by atoms with Gasteiger partial charge in [-0.3, -0.25) is 10.1 Å². The van der Waals surface area contributed by atoms with Crippen LogP contribution in [-0.4, -0.2) is 11.5 Å². The number of nitro groups is 1. The molecule has 0 aromatic heterocycles. The van der Waals surface area contributed by atoms with Crippen LogP contribution in [-0.2, 0) is 0 Å². The van der Waals surface area contributed by atoms with E-state index in [1.165, 1.54) is 0 Å². The lowest BCUT2D eigenvalue weighted by molar-refractivity contribution is -0.481. The predicted octanol–water partition coefficient (Wildman–Crippen LogP) is 3.39. The van der Waals surface area contributed by atoms with Gasteiger partial charge in [-0.15, -0.1) is 6.58 Å². The Balaban J connectivity index is 2.53. The second-order valence-electron chi connectivity index (χ2n) is 3.93. The van der Waals surface area contributed by atoms with Crippen LogP contribution in [0.2, 0.25) is 0 Å². The molecule has 0 fully saturated rings. The van der Waals surface area contributed by atoms with E-state index in [0.29, 0.717) is 0 Å². The maximum Gasteiger partial charge on any atom is 0.214 e. The Kier molecular flexibility index (Phi) is 3.19. The van der Waals surface area contributed by atoms with Crippen molar-refractivity contribution in [1.82, 2.24) is 0 Å². The number of hydrogen-bond acceptors (Lipinski definition) is 2. The summed E-state index contributed by atoms with van der Waals surface area (Å²) in [5, 5.41) is 12.8. The van der Waals surface area contributed by atoms with Crippen LogP contribution in [0.1, 0.15) is 11.5 Å². The molecule has 3 heteroatoms. The van der Waals surface area contributed by atoms with Gasteiger partial charge in [-0.1, -0.05) is 48.5 Å². The van der Waals surface area contributed by atoms with Crippen molar-refractivity contribution in [3.8, 4) is 0 Å². The fourth-order valence-corrected chi connectivity index (χ4v) is 2.03. The molecule has 17 heavy (non-hydrogen) atoms. The highest BCUT2D eigenvalue weighted by Crippen LogP contribution is 2.26. The zero-order valence-corrected chi connectivity index (χ0v) is 9.37. The maximum absolute atomic E-state index is 10.6. The Hall–Kier alpha value is -2.16. The first-order valence-corrected chi connectivity index (χ1v) is 5.44. The third kappa shape index (κ3) is 2.33. The first-order chi connectivity index (χ1) is 8.22. The highest BCUT2D eigenvalue weighted by atomic mass is 16.6. The second kappa shape index (κ2) is 4.78. The van der Waals surface area contributed by atoms with Crippen molar-refractivity contribution >= 4 is 10.8 Å². The minimum Gasteiger partial charge on any atom is -0.265 e. The topological polar surface area (TPSA) is 43.1 Å². The second-order valence-corrected chi connectivity index (χ2v) is 3.93. The van der Waals surface area contributed by atoms with E-state index in [4.69, 9.17) is 0 Å². The Bertz CT molecular complexity index is 558. The molecule has 2 aromatic rings. The third-order valence-corrected chi connectivity index (χ3v) is 2.85. The molecule has 0 aliphatic heterocycles. The van der Waals surface area contributed by atoms with Gasteiger partial charge in [-0.05, 0) is 16.3 Å². The van der Waals surface area contributed by atoms with Crippen LogP contribution in [0, 0.1) is 10.1 Å². The molecule has 0 N–H and O–H groups in total.